The zero-order chi connectivity index (χ0) is 18.9. The third-order valence-electron chi connectivity index (χ3n) is 3.82. The first-order valence-electron chi connectivity index (χ1n) is 7.64. The van der Waals surface area contributed by atoms with Gasteiger partial charge in [-0.25, -0.2) is 4.39 Å². The van der Waals surface area contributed by atoms with E-state index in [9.17, 15) is 22.4 Å². The fraction of sp³-hybridized carbons (Fsp3) is 0.167. The van der Waals surface area contributed by atoms with Gasteiger partial charge in [-0.1, -0.05) is 6.07 Å². The third kappa shape index (κ3) is 3.63. The quantitative estimate of drug-likeness (QED) is 0.707. The molecule has 3 aromatic rings. The van der Waals surface area contributed by atoms with Gasteiger partial charge < -0.3 is 5.32 Å². The first-order chi connectivity index (χ1) is 12.3. The van der Waals surface area contributed by atoms with Crippen molar-refractivity contribution in [1.82, 2.24) is 15.3 Å². The predicted octanol–water partition coefficient (Wildman–Crippen LogP) is 4.28. The Labute approximate surface area is 145 Å². The molecule has 0 spiro atoms. The van der Waals surface area contributed by atoms with E-state index in [4.69, 9.17) is 0 Å². The van der Waals surface area contributed by atoms with Crippen LogP contribution in [0.1, 0.15) is 34.6 Å². The Morgan fingerprint density at radius 3 is 2.58 bits per heavy atom. The van der Waals surface area contributed by atoms with E-state index in [0.717, 1.165) is 12.1 Å². The molecule has 0 aliphatic heterocycles. The first kappa shape index (κ1) is 17.8. The lowest BCUT2D eigenvalue weighted by molar-refractivity contribution is -0.137. The van der Waals surface area contributed by atoms with E-state index < -0.39 is 29.5 Å². The molecule has 0 bridgehead atoms. The molecule has 1 aromatic carbocycles. The second kappa shape index (κ2) is 6.70. The summed E-state index contributed by atoms with van der Waals surface area (Å²) >= 11 is 0. The highest BCUT2D eigenvalue weighted by molar-refractivity contribution is 6.05. The maximum Gasteiger partial charge on any atom is 0.417 e. The smallest absolute Gasteiger partial charge is 0.344 e. The number of fused-ring (bicyclic) bond motifs is 1. The number of carbonyl (C=O) groups is 1. The molecular formula is C18H13F4N3O. The number of nitrogens with zero attached hydrogens (tertiary/aromatic N) is 2. The first-order valence-corrected chi connectivity index (χ1v) is 7.64. The van der Waals surface area contributed by atoms with E-state index in [2.05, 4.69) is 15.3 Å². The highest BCUT2D eigenvalue weighted by atomic mass is 19.4. The van der Waals surface area contributed by atoms with Gasteiger partial charge in [0.15, 0.2) is 0 Å². The molecule has 26 heavy (non-hydrogen) atoms. The minimum atomic E-state index is -4.48. The minimum Gasteiger partial charge on any atom is -0.344 e. The summed E-state index contributed by atoms with van der Waals surface area (Å²) in [7, 11) is 0. The van der Waals surface area contributed by atoms with Crippen molar-refractivity contribution in [2.45, 2.75) is 19.1 Å². The number of hydrogen-bond donors (Lipinski definition) is 1. The van der Waals surface area contributed by atoms with Gasteiger partial charge in [0.1, 0.15) is 5.82 Å². The van der Waals surface area contributed by atoms with Gasteiger partial charge in [0, 0.05) is 17.8 Å². The number of amides is 1. The highest BCUT2D eigenvalue weighted by Gasteiger charge is 2.31. The lowest BCUT2D eigenvalue weighted by Gasteiger charge is -2.15. The predicted molar refractivity (Wildman–Crippen MR) is 86.8 cm³/mol. The Morgan fingerprint density at radius 2 is 1.92 bits per heavy atom. The van der Waals surface area contributed by atoms with Gasteiger partial charge in [-0.3, -0.25) is 14.8 Å². The van der Waals surface area contributed by atoms with Crippen LogP contribution in [-0.4, -0.2) is 15.9 Å². The normalized spacial score (nSPS) is 12.8. The minimum absolute atomic E-state index is 0.0411. The Hall–Kier alpha value is -3.03. The van der Waals surface area contributed by atoms with E-state index in [-0.39, 0.29) is 11.3 Å². The molecule has 2 aromatic heterocycles. The Morgan fingerprint density at radius 1 is 1.15 bits per heavy atom. The number of pyridine rings is 2. The van der Waals surface area contributed by atoms with Crippen LogP contribution in [0.25, 0.3) is 10.9 Å². The molecule has 0 aliphatic rings. The molecule has 1 atom stereocenters. The van der Waals surface area contributed by atoms with E-state index in [1.165, 1.54) is 18.3 Å². The molecule has 2 heterocycles. The van der Waals surface area contributed by atoms with Crippen molar-refractivity contribution in [2.75, 3.05) is 0 Å². The summed E-state index contributed by atoms with van der Waals surface area (Å²) in [6.07, 6.45) is -2.29. The maximum absolute atomic E-state index is 13.7. The fourth-order valence-electron chi connectivity index (χ4n) is 2.51. The zero-order valence-electron chi connectivity index (χ0n) is 13.5. The molecule has 0 saturated carbocycles. The second-order valence-electron chi connectivity index (χ2n) is 5.69. The van der Waals surface area contributed by atoms with Crippen molar-refractivity contribution < 1.29 is 22.4 Å². The molecule has 4 nitrogen and oxygen atoms in total. The number of rotatable bonds is 3. The topological polar surface area (TPSA) is 54.9 Å². The summed E-state index contributed by atoms with van der Waals surface area (Å²) < 4.78 is 51.5. The standard InChI is InChI=1S/C18H13F4N3O/c1-10(15-5-4-12(9-24-15)18(20,21)22)25-17(26)14-8-13(19)7-11-3-2-6-23-16(11)14/h2-10H,1H3,(H,25,26). The average molecular weight is 363 g/mol. The van der Waals surface area contributed by atoms with Gasteiger partial charge in [-0.15, -0.1) is 0 Å². The SMILES string of the molecule is CC(NC(=O)c1cc(F)cc2cccnc12)c1ccc(C(F)(F)F)cn1. The molecule has 3 rings (SSSR count). The van der Waals surface area contributed by atoms with Crippen LogP contribution in [0, 0.1) is 5.82 Å². The number of halogens is 4. The van der Waals surface area contributed by atoms with Crippen molar-refractivity contribution in [3.63, 3.8) is 0 Å². The summed E-state index contributed by atoms with van der Waals surface area (Å²) in [5.41, 5.74) is -0.251. The van der Waals surface area contributed by atoms with Crippen LogP contribution < -0.4 is 5.32 Å². The lowest BCUT2D eigenvalue weighted by Crippen LogP contribution is -2.27. The van der Waals surface area contributed by atoms with Crippen LogP contribution >= 0.6 is 0 Å². The highest BCUT2D eigenvalue weighted by Crippen LogP contribution is 2.29. The Kier molecular flexibility index (Phi) is 4.58. The monoisotopic (exact) mass is 363 g/mol. The van der Waals surface area contributed by atoms with E-state index in [1.807, 2.05) is 0 Å². The van der Waals surface area contributed by atoms with E-state index in [0.29, 0.717) is 17.1 Å². The lowest BCUT2D eigenvalue weighted by atomic mass is 10.1. The number of carbonyl (C=O) groups excluding carboxylic acids is 1. The number of hydrogen-bond acceptors (Lipinski definition) is 3. The molecule has 0 fully saturated rings. The van der Waals surface area contributed by atoms with Crippen LogP contribution in [0.2, 0.25) is 0 Å². The van der Waals surface area contributed by atoms with Crippen LogP contribution in [0.3, 0.4) is 0 Å². The van der Waals surface area contributed by atoms with Gasteiger partial charge in [0.05, 0.1) is 28.4 Å². The van der Waals surface area contributed by atoms with Crippen molar-refractivity contribution in [2.24, 2.45) is 0 Å². The van der Waals surface area contributed by atoms with Crippen LogP contribution in [0.15, 0.2) is 48.8 Å². The van der Waals surface area contributed by atoms with Gasteiger partial charge >= 0.3 is 6.18 Å². The third-order valence-corrected chi connectivity index (χ3v) is 3.82. The molecule has 0 saturated heterocycles. The van der Waals surface area contributed by atoms with Crippen LogP contribution in [-0.2, 0) is 6.18 Å². The molecule has 0 aliphatic carbocycles. The van der Waals surface area contributed by atoms with Crippen molar-refractivity contribution >= 4 is 16.8 Å². The van der Waals surface area contributed by atoms with Gasteiger partial charge in [0.25, 0.3) is 5.91 Å². The molecule has 0 radical (unpaired) electrons. The molecule has 1 unspecified atom stereocenters. The number of aromatic nitrogens is 2. The van der Waals surface area contributed by atoms with Crippen molar-refractivity contribution in [3.8, 4) is 0 Å². The second-order valence-corrected chi connectivity index (χ2v) is 5.69. The largest absolute Gasteiger partial charge is 0.417 e. The summed E-state index contributed by atoms with van der Waals surface area (Å²) in [5, 5.41) is 3.07. The van der Waals surface area contributed by atoms with E-state index in [1.54, 1.807) is 19.1 Å². The molecule has 8 heteroatoms. The summed E-state index contributed by atoms with van der Waals surface area (Å²) in [6.45, 7) is 1.57. The number of nitrogens with one attached hydrogen (secondary N) is 1. The Balaban J connectivity index is 1.84. The summed E-state index contributed by atoms with van der Waals surface area (Å²) in [6, 6.07) is 6.99. The molecule has 1 amide bonds. The van der Waals surface area contributed by atoms with Crippen LogP contribution in [0.5, 0.6) is 0 Å². The summed E-state index contributed by atoms with van der Waals surface area (Å²) in [5.74, 6) is -1.18. The fourth-order valence-corrected chi connectivity index (χ4v) is 2.51. The molecule has 134 valence electrons. The van der Waals surface area contributed by atoms with Crippen molar-refractivity contribution in [1.29, 1.82) is 0 Å². The average Bonchev–Trinajstić information content (AvgIpc) is 2.60. The Bertz CT molecular complexity index is 955. The number of alkyl halides is 3. The van der Waals surface area contributed by atoms with Gasteiger partial charge in [-0.05, 0) is 37.3 Å². The van der Waals surface area contributed by atoms with Crippen LogP contribution in [0.4, 0.5) is 17.6 Å². The van der Waals surface area contributed by atoms with Gasteiger partial charge in [-0.2, -0.15) is 13.2 Å². The maximum atomic E-state index is 13.7. The van der Waals surface area contributed by atoms with E-state index >= 15 is 0 Å². The van der Waals surface area contributed by atoms with Crippen molar-refractivity contribution in [3.05, 3.63) is 71.4 Å². The number of benzene rings is 1. The molecular weight excluding hydrogens is 350 g/mol. The van der Waals surface area contributed by atoms with Gasteiger partial charge in [0.2, 0.25) is 0 Å². The molecule has 1 N–H and O–H groups in total. The summed E-state index contributed by atoms with van der Waals surface area (Å²) in [4.78, 5) is 20.3. The zero-order valence-corrected chi connectivity index (χ0v) is 13.5.